The molecule has 1 aromatic rings. The Hall–Kier alpha value is -1.56. The maximum atomic E-state index is 11.7. The topological polar surface area (TPSA) is 78.4 Å². The summed E-state index contributed by atoms with van der Waals surface area (Å²) in [5.74, 6) is -0.939. The van der Waals surface area contributed by atoms with Crippen molar-refractivity contribution in [1.29, 1.82) is 0 Å². The second kappa shape index (κ2) is 5.86. The molecule has 1 aromatic heterocycles. The highest BCUT2D eigenvalue weighted by Gasteiger charge is 2.24. The summed E-state index contributed by atoms with van der Waals surface area (Å²) < 4.78 is 0. The summed E-state index contributed by atoms with van der Waals surface area (Å²) in [6.07, 6.45) is -0.118. The van der Waals surface area contributed by atoms with E-state index in [9.17, 15) is 9.59 Å². The number of carboxylic acids is 1. The predicted molar refractivity (Wildman–Crippen MR) is 70.7 cm³/mol. The molecule has 0 bridgehead atoms. The zero-order valence-corrected chi connectivity index (χ0v) is 11.5. The van der Waals surface area contributed by atoms with Crippen molar-refractivity contribution in [1.82, 2.24) is 10.6 Å². The fraction of sp³-hybridized carbons (Fsp3) is 0.500. The summed E-state index contributed by atoms with van der Waals surface area (Å²) >= 11 is 1.57. The summed E-state index contributed by atoms with van der Waals surface area (Å²) in [5.41, 5.74) is 0.260. The lowest BCUT2D eigenvalue weighted by atomic mass is 10.0. The zero-order valence-electron chi connectivity index (χ0n) is 10.7. The number of nitrogens with one attached hydrogen (secondary N) is 2. The lowest BCUT2D eigenvalue weighted by molar-refractivity contribution is -0.138. The van der Waals surface area contributed by atoms with Crippen LogP contribution in [0, 0.1) is 0 Å². The van der Waals surface area contributed by atoms with Crippen LogP contribution in [0.15, 0.2) is 16.8 Å². The maximum Gasteiger partial charge on any atom is 0.315 e. The van der Waals surface area contributed by atoms with Gasteiger partial charge in [0.2, 0.25) is 0 Å². The highest BCUT2D eigenvalue weighted by Crippen LogP contribution is 2.15. The second-order valence-electron chi connectivity index (χ2n) is 4.83. The van der Waals surface area contributed by atoms with Crippen LogP contribution in [-0.4, -0.2) is 22.6 Å². The highest BCUT2D eigenvalue weighted by atomic mass is 32.1. The number of thiophene rings is 1. The molecule has 6 heteroatoms. The Morgan fingerprint density at radius 3 is 2.67 bits per heavy atom. The number of aliphatic carboxylic acids is 1. The van der Waals surface area contributed by atoms with E-state index >= 15 is 0 Å². The Kier molecular flexibility index (Phi) is 4.72. The van der Waals surface area contributed by atoms with Crippen LogP contribution in [0.1, 0.15) is 38.8 Å². The number of carbonyl (C=O) groups excluding carboxylic acids is 1. The van der Waals surface area contributed by atoms with Gasteiger partial charge in [-0.15, -0.1) is 0 Å². The molecule has 0 saturated heterocycles. The van der Waals surface area contributed by atoms with Crippen molar-refractivity contribution in [3.63, 3.8) is 0 Å². The van der Waals surface area contributed by atoms with Crippen LogP contribution < -0.4 is 10.6 Å². The van der Waals surface area contributed by atoms with E-state index in [4.69, 9.17) is 5.11 Å². The fourth-order valence-corrected chi connectivity index (χ4v) is 2.32. The van der Waals surface area contributed by atoms with Crippen molar-refractivity contribution in [2.45, 2.75) is 38.8 Å². The van der Waals surface area contributed by atoms with Crippen molar-refractivity contribution >= 4 is 23.3 Å². The molecule has 0 aromatic carbocycles. The molecule has 3 N–H and O–H groups in total. The molecule has 0 aliphatic rings. The van der Waals surface area contributed by atoms with Crippen LogP contribution in [0.2, 0.25) is 0 Å². The first kappa shape index (κ1) is 14.5. The molecule has 0 saturated carbocycles. The molecule has 2 amide bonds. The maximum absolute atomic E-state index is 11.7. The Morgan fingerprint density at radius 2 is 2.17 bits per heavy atom. The highest BCUT2D eigenvalue weighted by molar-refractivity contribution is 7.07. The van der Waals surface area contributed by atoms with Gasteiger partial charge in [0.1, 0.15) is 0 Å². The van der Waals surface area contributed by atoms with E-state index in [1.807, 2.05) is 23.8 Å². The first-order valence-corrected chi connectivity index (χ1v) is 6.57. The largest absolute Gasteiger partial charge is 0.481 e. The van der Waals surface area contributed by atoms with Crippen molar-refractivity contribution in [3.8, 4) is 0 Å². The average Bonchev–Trinajstić information content (AvgIpc) is 2.65. The van der Waals surface area contributed by atoms with Crippen LogP contribution in [-0.2, 0) is 4.79 Å². The van der Waals surface area contributed by atoms with Crippen LogP contribution in [0.5, 0.6) is 0 Å². The standard InChI is InChI=1S/C12H18N2O3S/c1-8(9-4-5-18-7-9)13-11(17)14-12(2,3)6-10(15)16/h4-5,7-8H,6H2,1-3H3,(H,15,16)(H2,13,14,17). The molecule has 0 radical (unpaired) electrons. The Bertz CT molecular complexity index is 415. The summed E-state index contributed by atoms with van der Waals surface area (Å²) in [7, 11) is 0. The molecule has 1 unspecified atom stereocenters. The number of rotatable bonds is 5. The van der Waals surface area contributed by atoms with E-state index in [2.05, 4.69) is 10.6 Å². The molecule has 0 fully saturated rings. The zero-order chi connectivity index (χ0) is 13.8. The Morgan fingerprint density at radius 1 is 1.50 bits per heavy atom. The van der Waals surface area contributed by atoms with Gasteiger partial charge < -0.3 is 15.7 Å². The van der Waals surface area contributed by atoms with Crippen molar-refractivity contribution in [2.75, 3.05) is 0 Å². The number of carbonyl (C=O) groups is 2. The molecular weight excluding hydrogens is 252 g/mol. The van der Waals surface area contributed by atoms with Crippen molar-refractivity contribution in [3.05, 3.63) is 22.4 Å². The van der Waals surface area contributed by atoms with E-state index < -0.39 is 11.5 Å². The number of urea groups is 1. The van der Waals surface area contributed by atoms with Gasteiger partial charge in [0.25, 0.3) is 0 Å². The van der Waals surface area contributed by atoms with E-state index in [1.165, 1.54) is 0 Å². The molecule has 1 atom stereocenters. The number of hydrogen-bond acceptors (Lipinski definition) is 3. The first-order valence-electron chi connectivity index (χ1n) is 5.63. The summed E-state index contributed by atoms with van der Waals surface area (Å²) in [6, 6.07) is 1.48. The van der Waals surface area contributed by atoms with E-state index in [-0.39, 0.29) is 18.5 Å². The van der Waals surface area contributed by atoms with Gasteiger partial charge in [-0.2, -0.15) is 11.3 Å². The molecule has 0 aliphatic heterocycles. The quantitative estimate of drug-likeness (QED) is 0.768. The lowest BCUT2D eigenvalue weighted by Gasteiger charge is -2.25. The van der Waals surface area contributed by atoms with Gasteiger partial charge in [0.15, 0.2) is 0 Å². The minimum atomic E-state index is -0.939. The monoisotopic (exact) mass is 270 g/mol. The van der Waals surface area contributed by atoms with E-state index in [0.717, 1.165) is 5.56 Å². The summed E-state index contributed by atoms with van der Waals surface area (Å²) in [6.45, 7) is 5.23. The molecule has 0 aliphatic carbocycles. The van der Waals surface area contributed by atoms with Gasteiger partial charge >= 0.3 is 12.0 Å². The van der Waals surface area contributed by atoms with Gasteiger partial charge in [-0.25, -0.2) is 4.79 Å². The SMILES string of the molecule is CC(NC(=O)NC(C)(C)CC(=O)O)c1ccsc1. The molecule has 100 valence electrons. The number of carboxylic acid groups (broad SMARTS) is 1. The smallest absolute Gasteiger partial charge is 0.315 e. The number of hydrogen-bond donors (Lipinski definition) is 3. The van der Waals surface area contributed by atoms with Gasteiger partial charge in [-0.3, -0.25) is 4.79 Å². The average molecular weight is 270 g/mol. The first-order chi connectivity index (χ1) is 8.30. The second-order valence-corrected chi connectivity index (χ2v) is 5.61. The van der Waals surface area contributed by atoms with Crippen molar-refractivity contribution < 1.29 is 14.7 Å². The molecule has 0 spiro atoms. The van der Waals surface area contributed by atoms with E-state index in [1.54, 1.807) is 25.2 Å². The van der Waals surface area contributed by atoms with Crippen LogP contribution in [0.3, 0.4) is 0 Å². The lowest BCUT2D eigenvalue weighted by Crippen LogP contribution is -2.49. The third-order valence-corrected chi connectivity index (χ3v) is 3.14. The van der Waals surface area contributed by atoms with Gasteiger partial charge in [-0.1, -0.05) is 0 Å². The molecule has 1 rings (SSSR count). The number of amides is 2. The van der Waals surface area contributed by atoms with Crippen LogP contribution in [0.25, 0.3) is 0 Å². The fourth-order valence-electron chi connectivity index (χ4n) is 1.57. The third-order valence-electron chi connectivity index (χ3n) is 2.44. The van der Waals surface area contributed by atoms with Crippen LogP contribution >= 0.6 is 11.3 Å². The molecule has 18 heavy (non-hydrogen) atoms. The molecule has 1 heterocycles. The van der Waals surface area contributed by atoms with Gasteiger partial charge in [0, 0.05) is 5.54 Å². The predicted octanol–water partition coefficient (Wildman–Crippen LogP) is 2.36. The molecular formula is C12H18N2O3S. The summed E-state index contributed by atoms with van der Waals surface area (Å²) in [4.78, 5) is 22.4. The normalized spacial score (nSPS) is 12.8. The van der Waals surface area contributed by atoms with Crippen molar-refractivity contribution in [2.24, 2.45) is 0 Å². The van der Waals surface area contributed by atoms with E-state index in [0.29, 0.717) is 0 Å². The molecule has 5 nitrogen and oxygen atoms in total. The minimum Gasteiger partial charge on any atom is -0.481 e. The van der Waals surface area contributed by atoms with Gasteiger partial charge in [0.05, 0.1) is 12.5 Å². The van der Waals surface area contributed by atoms with Crippen LogP contribution in [0.4, 0.5) is 4.79 Å². The minimum absolute atomic E-state index is 0.100. The third kappa shape index (κ3) is 4.75. The van der Waals surface area contributed by atoms with Gasteiger partial charge in [-0.05, 0) is 43.2 Å². The summed E-state index contributed by atoms with van der Waals surface area (Å²) in [5, 5.41) is 18.1. The Balaban J connectivity index is 2.49. The Labute approximate surface area is 110 Å².